The molecule has 1 amide bonds. The summed E-state index contributed by atoms with van der Waals surface area (Å²) in [5.74, 6) is 0.000924. The summed E-state index contributed by atoms with van der Waals surface area (Å²) >= 11 is 4.35. The summed E-state index contributed by atoms with van der Waals surface area (Å²) in [5, 5.41) is 4.40. The van der Waals surface area contributed by atoms with Gasteiger partial charge in [0.15, 0.2) is 10.3 Å². The Morgan fingerprint density at radius 1 is 1.15 bits per heavy atom. The summed E-state index contributed by atoms with van der Waals surface area (Å²) in [5.41, 5.74) is 2.88. The number of anilines is 1. The lowest BCUT2D eigenvalue weighted by atomic mass is 10.1. The van der Waals surface area contributed by atoms with E-state index in [-0.39, 0.29) is 17.2 Å². The molecule has 1 atom stereocenters. The molecule has 6 nitrogen and oxygen atoms in total. The number of benzene rings is 2. The number of aryl methyl sites for hydroxylation is 1. The van der Waals surface area contributed by atoms with Crippen LogP contribution in [-0.2, 0) is 24.2 Å². The molecule has 5 rings (SSSR count). The zero-order chi connectivity index (χ0) is 22.8. The standard InChI is InChI=1S/C24H22N4O2S3/c1-15-13-18-21(32-15)22(30)28(12-11-16-7-3-2-4-8-16)24(26-18)31-14-20(29)27-23-25-17-9-5-6-10-19(17)33-23/h2-10,15H,11-14H2,1H3,(H,25,27,29). The molecule has 0 fully saturated rings. The number of hydrogen-bond donors (Lipinski definition) is 1. The fourth-order valence-corrected chi connectivity index (χ4v) is 6.57. The first-order valence-electron chi connectivity index (χ1n) is 10.7. The second-order valence-electron chi connectivity index (χ2n) is 7.82. The molecule has 3 heterocycles. The molecule has 0 saturated carbocycles. The van der Waals surface area contributed by atoms with Gasteiger partial charge in [-0.15, -0.1) is 11.8 Å². The molecule has 4 aromatic rings. The highest BCUT2D eigenvalue weighted by molar-refractivity contribution is 8.00. The minimum atomic E-state index is -0.161. The number of carbonyl (C=O) groups excluding carboxylic acids is 1. The van der Waals surface area contributed by atoms with E-state index in [1.807, 2.05) is 42.5 Å². The number of carbonyl (C=O) groups is 1. The first-order chi connectivity index (χ1) is 16.1. The van der Waals surface area contributed by atoms with E-state index in [0.29, 0.717) is 22.1 Å². The molecule has 0 bridgehead atoms. The van der Waals surface area contributed by atoms with Crippen LogP contribution in [0.15, 0.2) is 69.4 Å². The number of nitrogens with one attached hydrogen (secondary N) is 1. The van der Waals surface area contributed by atoms with Crippen molar-refractivity contribution in [2.45, 2.75) is 41.6 Å². The molecule has 1 unspecified atom stereocenters. The zero-order valence-electron chi connectivity index (χ0n) is 18.0. The molecule has 1 N–H and O–H groups in total. The van der Waals surface area contributed by atoms with E-state index >= 15 is 0 Å². The molecule has 0 saturated heterocycles. The van der Waals surface area contributed by atoms with E-state index in [1.54, 1.807) is 16.3 Å². The monoisotopic (exact) mass is 494 g/mol. The summed E-state index contributed by atoms with van der Waals surface area (Å²) in [4.78, 5) is 35.9. The van der Waals surface area contributed by atoms with Crippen molar-refractivity contribution >= 4 is 56.1 Å². The van der Waals surface area contributed by atoms with Gasteiger partial charge >= 0.3 is 0 Å². The predicted molar refractivity (Wildman–Crippen MR) is 137 cm³/mol. The number of fused-ring (bicyclic) bond motifs is 2. The Labute approximate surface area is 203 Å². The van der Waals surface area contributed by atoms with Crippen LogP contribution < -0.4 is 10.9 Å². The van der Waals surface area contributed by atoms with Gasteiger partial charge in [0, 0.05) is 18.2 Å². The van der Waals surface area contributed by atoms with Crippen molar-refractivity contribution in [2.75, 3.05) is 11.1 Å². The number of thiazole rings is 1. The van der Waals surface area contributed by atoms with Gasteiger partial charge in [-0.05, 0) is 24.1 Å². The normalized spacial score (nSPS) is 15.0. The Balaban J connectivity index is 1.33. The van der Waals surface area contributed by atoms with Crippen LogP contribution in [-0.4, -0.2) is 31.4 Å². The fourth-order valence-electron chi connectivity index (χ4n) is 3.74. The van der Waals surface area contributed by atoms with Gasteiger partial charge in [0.25, 0.3) is 5.56 Å². The van der Waals surface area contributed by atoms with Crippen LogP contribution in [0.3, 0.4) is 0 Å². The Morgan fingerprint density at radius 3 is 2.76 bits per heavy atom. The third-order valence-corrected chi connectivity index (χ3v) is 8.45. The number of thioether (sulfide) groups is 2. The SMILES string of the molecule is CC1Cc2nc(SCC(=O)Nc3nc4ccccc4s3)n(CCc3ccccc3)c(=O)c2S1. The molecule has 1 aliphatic rings. The van der Waals surface area contributed by atoms with Crippen LogP contribution in [0.25, 0.3) is 10.2 Å². The van der Waals surface area contributed by atoms with Gasteiger partial charge < -0.3 is 5.32 Å². The Hall–Kier alpha value is -2.62. The fraction of sp³-hybridized carbons (Fsp3) is 0.250. The lowest BCUT2D eigenvalue weighted by Gasteiger charge is -2.13. The average molecular weight is 495 g/mol. The van der Waals surface area contributed by atoms with Crippen molar-refractivity contribution in [2.24, 2.45) is 0 Å². The quantitative estimate of drug-likeness (QED) is 0.292. The topological polar surface area (TPSA) is 76.9 Å². The first-order valence-corrected chi connectivity index (χ1v) is 13.4. The summed E-state index contributed by atoms with van der Waals surface area (Å²) in [6, 6.07) is 17.9. The summed E-state index contributed by atoms with van der Waals surface area (Å²) in [6.07, 6.45) is 1.51. The molecular weight excluding hydrogens is 472 g/mol. The number of amides is 1. The Morgan fingerprint density at radius 2 is 1.94 bits per heavy atom. The summed E-state index contributed by atoms with van der Waals surface area (Å²) in [7, 11) is 0. The van der Waals surface area contributed by atoms with Crippen LogP contribution in [0.5, 0.6) is 0 Å². The van der Waals surface area contributed by atoms with Gasteiger partial charge in [-0.3, -0.25) is 14.2 Å². The average Bonchev–Trinajstić information content (AvgIpc) is 3.40. The van der Waals surface area contributed by atoms with Gasteiger partial charge in [0.05, 0.1) is 26.6 Å². The maximum Gasteiger partial charge on any atom is 0.268 e. The van der Waals surface area contributed by atoms with E-state index in [9.17, 15) is 9.59 Å². The third kappa shape index (κ3) is 5.00. The van der Waals surface area contributed by atoms with E-state index in [0.717, 1.165) is 39.2 Å². The van der Waals surface area contributed by atoms with Crippen molar-refractivity contribution in [3.8, 4) is 0 Å². The lowest BCUT2D eigenvalue weighted by molar-refractivity contribution is -0.113. The first kappa shape index (κ1) is 22.2. The van der Waals surface area contributed by atoms with Crippen LogP contribution in [0.1, 0.15) is 18.2 Å². The van der Waals surface area contributed by atoms with E-state index in [2.05, 4.69) is 29.4 Å². The maximum atomic E-state index is 13.3. The Kier molecular flexibility index (Phi) is 6.52. The predicted octanol–water partition coefficient (Wildman–Crippen LogP) is 4.86. The van der Waals surface area contributed by atoms with Crippen molar-refractivity contribution in [3.05, 3.63) is 76.2 Å². The van der Waals surface area contributed by atoms with Crippen molar-refractivity contribution in [1.29, 1.82) is 0 Å². The smallest absolute Gasteiger partial charge is 0.268 e. The highest BCUT2D eigenvalue weighted by Crippen LogP contribution is 2.34. The molecule has 0 radical (unpaired) electrons. The van der Waals surface area contributed by atoms with Crippen LogP contribution >= 0.6 is 34.9 Å². The molecule has 2 aromatic heterocycles. The highest BCUT2D eigenvalue weighted by atomic mass is 32.2. The van der Waals surface area contributed by atoms with E-state index in [4.69, 9.17) is 4.98 Å². The molecule has 2 aromatic carbocycles. The molecule has 9 heteroatoms. The number of nitrogens with zero attached hydrogens (tertiary/aromatic N) is 3. The van der Waals surface area contributed by atoms with Gasteiger partial charge in [0.1, 0.15) is 0 Å². The molecule has 33 heavy (non-hydrogen) atoms. The van der Waals surface area contributed by atoms with Crippen LogP contribution in [0.4, 0.5) is 5.13 Å². The third-order valence-electron chi connectivity index (χ3n) is 5.30. The van der Waals surface area contributed by atoms with E-state index in [1.165, 1.54) is 23.1 Å². The van der Waals surface area contributed by atoms with Gasteiger partial charge in [-0.1, -0.05) is 72.5 Å². The second kappa shape index (κ2) is 9.70. The Bertz CT molecular complexity index is 1330. The van der Waals surface area contributed by atoms with Crippen molar-refractivity contribution in [1.82, 2.24) is 14.5 Å². The largest absolute Gasteiger partial charge is 0.301 e. The number of rotatable bonds is 7. The summed E-state index contributed by atoms with van der Waals surface area (Å²) in [6.45, 7) is 2.64. The molecule has 0 spiro atoms. The second-order valence-corrected chi connectivity index (χ2v) is 11.2. The van der Waals surface area contributed by atoms with Gasteiger partial charge in [-0.25, -0.2) is 9.97 Å². The number of aromatic nitrogens is 3. The van der Waals surface area contributed by atoms with E-state index < -0.39 is 0 Å². The maximum absolute atomic E-state index is 13.3. The summed E-state index contributed by atoms with van der Waals surface area (Å²) < 4.78 is 2.76. The minimum absolute atomic E-state index is 0.000590. The van der Waals surface area contributed by atoms with Gasteiger partial charge in [0.2, 0.25) is 5.91 Å². The van der Waals surface area contributed by atoms with Crippen LogP contribution in [0.2, 0.25) is 0 Å². The molecule has 1 aliphatic heterocycles. The molecular formula is C24H22N4O2S3. The zero-order valence-corrected chi connectivity index (χ0v) is 20.4. The van der Waals surface area contributed by atoms with Crippen molar-refractivity contribution in [3.63, 3.8) is 0 Å². The van der Waals surface area contributed by atoms with Gasteiger partial charge in [-0.2, -0.15) is 0 Å². The molecule has 168 valence electrons. The minimum Gasteiger partial charge on any atom is -0.301 e. The van der Waals surface area contributed by atoms with Crippen molar-refractivity contribution < 1.29 is 4.79 Å². The van der Waals surface area contributed by atoms with Crippen LogP contribution in [0, 0.1) is 0 Å². The number of hydrogen-bond acceptors (Lipinski definition) is 7. The number of para-hydroxylation sites is 1. The highest BCUT2D eigenvalue weighted by Gasteiger charge is 2.26. The molecule has 0 aliphatic carbocycles. The lowest BCUT2D eigenvalue weighted by Crippen LogP contribution is -2.27.